The Balaban J connectivity index is 1.46. The average molecular weight is 505 g/mol. The van der Waals surface area contributed by atoms with Crippen molar-refractivity contribution in [1.82, 2.24) is 25.5 Å². The van der Waals surface area contributed by atoms with Crippen molar-refractivity contribution >= 4 is 6.03 Å². The Morgan fingerprint density at radius 2 is 1.89 bits per heavy atom. The number of alkyl halides is 3. The molecule has 0 spiro atoms. The topological polar surface area (TPSA) is 70.2 Å². The summed E-state index contributed by atoms with van der Waals surface area (Å²) >= 11 is 0. The van der Waals surface area contributed by atoms with Gasteiger partial charge >= 0.3 is 12.2 Å². The Labute approximate surface area is 204 Å². The van der Waals surface area contributed by atoms with Crippen LogP contribution in [-0.2, 0) is 25.6 Å². The van der Waals surface area contributed by atoms with Gasteiger partial charge in [-0.3, -0.25) is 0 Å². The van der Waals surface area contributed by atoms with E-state index in [0.29, 0.717) is 37.0 Å². The van der Waals surface area contributed by atoms with Crippen LogP contribution in [0.3, 0.4) is 0 Å². The van der Waals surface area contributed by atoms with Crippen LogP contribution in [0.15, 0.2) is 48.7 Å². The maximum atomic E-state index is 14.1. The summed E-state index contributed by atoms with van der Waals surface area (Å²) in [5.41, 5.74) is 1.31. The van der Waals surface area contributed by atoms with Gasteiger partial charge in [0.1, 0.15) is 17.5 Å². The fourth-order valence-corrected chi connectivity index (χ4v) is 4.06. The highest BCUT2D eigenvalue weighted by atomic mass is 19.4. The molecular formula is C25H24F5N5O. The molecule has 1 atom stereocenters. The largest absolute Gasteiger partial charge is 0.419 e. The minimum absolute atomic E-state index is 0.185. The van der Waals surface area contributed by atoms with E-state index >= 15 is 0 Å². The zero-order valence-electron chi connectivity index (χ0n) is 19.4. The summed E-state index contributed by atoms with van der Waals surface area (Å²) in [5.74, 6) is -1.19. The molecule has 2 aromatic carbocycles. The standard InChI is InChI=1S/C25H24F5N5O/c1-31-13-21(16-4-7-19(20(27)11-16)25(28,29)30)34-24(36)35-9-8-17-12-32-23(33-22(17)14-35)10-15-2-5-18(26)6-3-15/h2-7,11-12,21,31H,8-10,13-14H2,1H3,(H,34,36)/t21-/m1/s1. The molecule has 4 rings (SSSR count). The summed E-state index contributed by atoms with van der Waals surface area (Å²) < 4.78 is 66.0. The number of urea groups is 1. The number of nitrogens with one attached hydrogen (secondary N) is 2. The third-order valence-corrected chi connectivity index (χ3v) is 5.97. The van der Waals surface area contributed by atoms with Gasteiger partial charge in [0.2, 0.25) is 0 Å². The van der Waals surface area contributed by atoms with Gasteiger partial charge in [-0.25, -0.2) is 23.5 Å². The maximum Gasteiger partial charge on any atom is 0.419 e. The molecule has 11 heteroatoms. The van der Waals surface area contributed by atoms with Crippen molar-refractivity contribution in [2.24, 2.45) is 0 Å². The monoisotopic (exact) mass is 505 g/mol. The minimum Gasteiger partial charge on any atom is -0.330 e. The molecule has 1 aromatic heterocycles. The van der Waals surface area contributed by atoms with E-state index in [1.165, 1.54) is 12.1 Å². The molecule has 0 saturated heterocycles. The third-order valence-electron chi connectivity index (χ3n) is 5.97. The van der Waals surface area contributed by atoms with E-state index < -0.39 is 29.6 Å². The van der Waals surface area contributed by atoms with E-state index in [-0.39, 0.29) is 24.5 Å². The van der Waals surface area contributed by atoms with Crippen LogP contribution >= 0.6 is 0 Å². The van der Waals surface area contributed by atoms with Crippen molar-refractivity contribution in [3.63, 3.8) is 0 Å². The number of amides is 2. The lowest BCUT2D eigenvalue weighted by molar-refractivity contribution is -0.140. The highest BCUT2D eigenvalue weighted by molar-refractivity contribution is 5.75. The van der Waals surface area contributed by atoms with Crippen molar-refractivity contribution in [2.45, 2.75) is 31.6 Å². The predicted octanol–water partition coefficient (Wildman–Crippen LogP) is 4.39. The number of rotatable bonds is 6. The van der Waals surface area contributed by atoms with Gasteiger partial charge in [-0.1, -0.05) is 18.2 Å². The lowest BCUT2D eigenvalue weighted by Gasteiger charge is -2.30. The summed E-state index contributed by atoms with van der Waals surface area (Å²) in [7, 11) is 1.62. The van der Waals surface area contributed by atoms with Gasteiger partial charge in [0, 0.05) is 25.7 Å². The first kappa shape index (κ1) is 25.5. The van der Waals surface area contributed by atoms with Gasteiger partial charge in [0.15, 0.2) is 0 Å². The van der Waals surface area contributed by atoms with Crippen molar-refractivity contribution in [1.29, 1.82) is 0 Å². The van der Waals surface area contributed by atoms with Crippen LogP contribution in [0, 0.1) is 11.6 Å². The number of aromatic nitrogens is 2. The molecule has 6 nitrogen and oxygen atoms in total. The van der Waals surface area contributed by atoms with Crippen LogP contribution in [0.2, 0.25) is 0 Å². The minimum atomic E-state index is -4.80. The van der Waals surface area contributed by atoms with Gasteiger partial charge in [-0.15, -0.1) is 0 Å². The van der Waals surface area contributed by atoms with E-state index in [2.05, 4.69) is 20.6 Å². The third kappa shape index (κ3) is 5.96. The molecule has 1 aliphatic rings. The quantitative estimate of drug-likeness (QED) is 0.488. The fraction of sp³-hybridized carbons (Fsp3) is 0.320. The van der Waals surface area contributed by atoms with E-state index in [1.807, 2.05) is 0 Å². The molecule has 0 fully saturated rings. The van der Waals surface area contributed by atoms with Gasteiger partial charge in [-0.05, 0) is 54.4 Å². The summed E-state index contributed by atoms with van der Waals surface area (Å²) in [6, 6.07) is 7.48. The smallest absolute Gasteiger partial charge is 0.330 e. The molecule has 2 N–H and O–H groups in total. The number of fused-ring (bicyclic) bond motifs is 1. The van der Waals surface area contributed by atoms with Crippen molar-refractivity contribution in [3.8, 4) is 0 Å². The van der Waals surface area contributed by atoms with Crippen LogP contribution in [0.4, 0.5) is 26.7 Å². The number of hydrogen-bond donors (Lipinski definition) is 2. The van der Waals surface area contributed by atoms with E-state index in [9.17, 15) is 26.7 Å². The first-order valence-corrected chi connectivity index (χ1v) is 11.3. The lowest BCUT2D eigenvalue weighted by atomic mass is 10.0. The molecule has 3 aromatic rings. The second kappa shape index (κ2) is 10.6. The SMILES string of the molecule is CNC[C@@H](NC(=O)N1CCc2cnc(Cc3ccc(F)cc3)nc2C1)c1ccc(C(F)(F)F)c(F)c1. The van der Waals surface area contributed by atoms with Gasteiger partial charge < -0.3 is 15.5 Å². The second-order valence-corrected chi connectivity index (χ2v) is 8.53. The maximum absolute atomic E-state index is 14.1. The van der Waals surface area contributed by atoms with Crippen molar-refractivity contribution in [2.75, 3.05) is 20.1 Å². The van der Waals surface area contributed by atoms with Crippen LogP contribution in [0.25, 0.3) is 0 Å². The van der Waals surface area contributed by atoms with E-state index in [0.717, 1.165) is 23.3 Å². The summed E-state index contributed by atoms with van der Waals surface area (Å²) in [6.07, 6.45) is -2.14. The number of halogens is 5. The number of carbonyl (C=O) groups is 1. The van der Waals surface area contributed by atoms with Crippen LogP contribution < -0.4 is 10.6 Å². The molecule has 1 aliphatic heterocycles. The van der Waals surface area contributed by atoms with Crippen LogP contribution in [-0.4, -0.2) is 41.0 Å². The molecule has 0 radical (unpaired) electrons. The molecular weight excluding hydrogens is 481 g/mol. The zero-order chi connectivity index (χ0) is 25.9. The Kier molecular flexibility index (Phi) is 7.48. The molecule has 0 saturated carbocycles. The summed E-state index contributed by atoms with van der Waals surface area (Å²) in [5, 5.41) is 5.64. The highest BCUT2D eigenvalue weighted by Crippen LogP contribution is 2.32. The van der Waals surface area contributed by atoms with Crippen LogP contribution in [0.1, 0.15) is 39.8 Å². The number of hydrogen-bond acceptors (Lipinski definition) is 4. The van der Waals surface area contributed by atoms with Gasteiger partial charge in [-0.2, -0.15) is 13.2 Å². The molecule has 0 bridgehead atoms. The van der Waals surface area contributed by atoms with Gasteiger partial charge in [0.25, 0.3) is 0 Å². The second-order valence-electron chi connectivity index (χ2n) is 8.53. The molecule has 0 unspecified atom stereocenters. The molecule has 190 valence electrons. The lowest BCUT2D eigenvalue weighted by Crippen LogP contribution is -2.46. The molecule has 0 aliphatic carbocycles. The summed E-state index contributed by atoms with van der Waals surface area (Å²) in [4.78, 5) is 23.5. The fourth-order valence-electron chi connectivity index (χ4n) is 4.06. The van der Waals surface area contributed by atoms with Crippen LogP contribution in [0.5, 0.6) is 0 Å². The van der Waals surface area contributed by atoms with Gasteiger partial charge in [0.05, 0.1) is 23.8 Å². The molecule has 36 heavy (non-hydrogen) atoms. The Bertz CT molecular complexity index is 1230. The zero-order valence-corrected chi connectivity index (χ0v) is 19.4. The van der Waals surface area contributed by atoms with E-state index in [1.54, 1.807) is 30.3 Å². The van der Waals surface area contributed by atoms with Crippen molar-refractivity contribution < 1.29 is 26.7 Å². The summed E-state index contributed by atoms with van der Waals surface area (Å²) in [6.45, 7) is 0.797. The normalized spacial score (nSPS) is 14.3. The van der Waals surface area contributed by atoms with E-state index in [4.69, 9.17) is 0 Å². The number of nitrogens with zero attached hydrogens (tertiary/aromatic N) is 3. The number of likely N-dealkylation sites (N-methyl/N-ethyl adjacent to an activating group) is 1. The predicted molar refractivity (Wildman–Crippen MR) is 122 cm³/mol. The Hall–Kier alpha value is -3.60. The van der Waals surface area contributed by atoms with Crippen molar-refractivity contribution in [3.05, 3.63) is 94.1 Å². The number of carbonyl (C=O) groups excluding carboxylic acids is 1. The Morgan fingerprint density at radius 1 is 1.14 bits per heavy atom. The average Bonchev–Trinajstić information content (AvgIpc) is 2.84. The number of benzene rings is 2. The first-order chi connectivity index (χ1) is 17.1. The first-order valence-electron chi connectivity index (χ1n) is 11.3. The highest BCUT2D eigenvalue weighted by Gasteiger charge is 2.34. The molecule has 2 heterocycles. The molecule has 2 amide bonds. The Morgan fingerprint density at radius 3 is 2.56 bits per heavy atom.